The van der Waals surface area contributed by atoms with E-state index in [0.717, 1.165) is 12.8 Å². The van der Waals surface area contributed by atoms with Crippen molar-refractivity contribution in [2.24, 2.45) is 5.92 Å². The first kappa shape index (κ1) is 11.6. The van der Waals surface area contributed by atoms with E-state index in [4.69, 9.17) is 11.6 Å². The lowest BCUT2D eigenvalue weighted by Gasteiger charge is -2.08. The molecule has 0 N–H and O–H groups in total. The van der Waals surface area contributed by atoms with Crippen molar-refractivity contribution in [3.05, 3.63) is 34.6 Å². The molecule has 0 aliphatic heterocycles. The van der Waals surface area contributed by atoms with Gasteiger partial charge in [-0.1, -0.05) is 43.4 Å². The lowest BCUT2D eigenvalue weighted by atomic mass is 9.97. The predicted octanol–water partition coefficient (Wildman–Crippen LogP) is 4.24. The summed E-state index contributed by atoms with van der Waals surface area (Å²) in [5.41, 5.74) is 0.138. The largest absolute Gasteiger partial charge is 0.294 e. The molecule has 1 saturated carbocycles. The molecule has 0 aromatic heterocycles. The standard InChI is InChI=1S/C13H14ClFO/c14-11-7-3-6-10(13(11)15)12(16)8-9-4-1-2-5-9/h3,6-7,9H,1-2,4-5,8H2. The lowest BCUT2D eigenvalue weighted by Crippen LogP contribution is -2.08. The number of carbonyl (C=O) groups excluding carboxylic acids is 1. The molecule has 1 aliphatic carbocycles. The first-order chi connectivity index (χ1) is 7.68. The Hall–Kier alpha value is -0.890. The first-order valence-corrected chi connectivity index (χ1v) is 6.03. The highest BCUT2D eigenvalue weighted by atomic mass is 35.5. The van der Waals surface area contributed by atoms with E-state index in [-0.39, 0.29) is 16.4 Å². The topological polar surface area (TPSA) is 17.1 Å². The quantitative estimate of drug-likeness (QED) is 0.722. The van der Waals surface area contributed by atoms with Crippen LogP contribution in [-0.4, -0.2) is 5.78 Å². The molecule has 0 radical (unpaired) electrons. The summed E-state index contributed by atoms with van der Waals surface area (Å²) in [6, 6.07) is 4.59. The summed E-state index contributed by atoms with van der Waals surface area (Å²) < 4.78 is 13.6. The number of hydrogen-bond acceptors (Lipinski definition) is 1. The molecule has 1 aliphatic rings. The first-order valence-electron chi connectivity index (χ1n) is 5.65. The van der Waals surface area contributed by atoms with Crippen LogP contribution in [0.1, 0.15) is 42.5 Å². The molecule has 86 valence electrons. The Kier molecular flexibility index (Phi) is 3.59. The van der Waals surface area contributed by atoms with Crippen molar-refractivity contribution < 1.29 is 9.18 Å². The van der Waals surface area contributed by atoms with E-state index >= 15 is 0 Å². The zero-order valence-corrected chi connectivity index (χ0v) is 9.77. The Morgan fingerprint density at radius 3 is 2.75 bits per heavy atom. The minimum absolute atomic E-state index is 0.0253. The molecule has 3 heteroatoms. The van der Waals surface area contributed by atoms with Crippen LogP contribution >= 0.6 is 11.6 Å². The third-order valence-electron chi connectivity index (χ3n) is 3.20. The number of halogens is 2. The van der Waals surface area contributed by atoms with E-state index in [1.54, 1.807) is 6.07 Å². The second-order valence-electron chi connectivity index (χ2n) is 4.38. The molecule has 0 amide bonds. The van der Waals surface area contributed by atoms with Gasteiger partial charge in [-0.3, -0.25) is 4.79 Å². The molecule has 0 unspecified atom stereocenters. The molecular weight excluding hydrogens is 227 g/mol. The Bertz CT molecular complexity index is 397. The summed E-state index contributed by atoms with van der Waals surface area (Å²) in [5.74, 6) is -0.259. The number of benzene rings is 1. The summed E-state index contributed by atoms with van der Waals surface area (Å²) in [4.78, 5) is 11.9. The molecule has 0 spiro atoms. The smallest absolute Gasteiger partial charge is 0.166 e. The van der Waals surface area contributed by atoms with Crippen LogP contribution in [0.5, 0.6) is 0 Å². The summed E-state index contributed by atoms with van der Waals surface area (Å²) >= 11 is 5.65. The van der Waals surface area contributed by atoms with Crippen molar-refractivity contribution in [3.8, 4) is 0 Å². The maximum atomic E-state index is 13.6. The predicted molar refractivity (Wildman–Crippen MR) is 62.3 cm³/mol. The molecular formula is C13H14ClFO. The van der Waals surface area contributed by atoms with Crippen molar-refractivity contribution in [1.29, 1.82) is 0 Å². The maximum Gasteiger partial charge on any atom is 0.166 e. The van der Waals surface area contributed by atoms with Crippen molar-refractivity contribution in [2.75, 3.05) is 0 Å². The lowest BCUT2D eigenvalue weighted by molar-refractivity contribution is 0.0958. The van der Waals surface area contributed by atoms with Gasteiger partial charge in [-0.15, -0.1) is 0 Å². The van der Waals surface area contributed by atoms with Crippen molar-refractivity contribution >= 4 is 17.4 Å². The minimum atomic E-state index is -0.577. The highest BCUT2D eigenvalue weighted by Gasteiger charge is 2.21. The van der Waals surface area contributed by atoms with Crippen molar-refractivity contribution in [2.45, 2.75) is 32.1 Å². The van der Waals surface area contributed by atoms with Gasteiger partial charge in [0.25, 0.3) is 0 Å². The number of ketones is 1. The van der Waals surface area contributed by atoms with Crippen LogP contribution in [0.4, 0.5) is 4.39 Å². The SMILES string of the molecule is O=C(CC1CCCC1)c1cccc(Cl)c1F. The molecule has 0 saturated heterocycles. The van der Waals surface area contributed by atoms with E-state index in [2.05, 4.69) is 0 Å². The van der Waals surface area contributed by atoms with Crippen molar-refractivity contribution in [3.63, 3.8) is 0 Å². The van der Waals surface area contributed by atoms with Crippen LogP contribution < -0.4 is 0 Å². The molecule has 1 nitrogen and oxygen atoms in total. The van der Waals surface area contributed by atoms with E-state index in [1.165, 1.54) is 25.0 Å². The average Bonchev–Trinajstić information content (AvgIpc) is 2.74. The average molecular weight is 241 g/mol. The molecule has 0 heterocycles. The summed E-state index contributed by atoms with van der Waals surface area (Å²) in [6.45, 7) is 0. The zero-order chi connectivity index (χ0) is 11.5. The van der Waals surface area contributed by atoms with E-state index in [0.29, 0.717) is 12.3 Å². The molecule has 0 bridgehead atoms. The number of carbonyl (C=O) groups is 1. The highest BCUT2D eigenvalue weighted by molar-refractivity contribution is 6.31. The van der Waals surface area contributed by atoms with Gasteiger partial charge in [0.15, 0.2) is 11.6 Å². The van der Waals surface area contributed by atoms with Crippen molar-refractivity contribution in [1.82, 2.24) is 0 Å². The van der Waals surface area contributed by atoms with Gasteiger partial charge in [-0.05, 0) is 18.1 Å². The van der Waals surface area contributed by atoms with Crippen LogP contribution in [0.15, 0.2) is 18.2 Å². The van der Waals surface area contributed by atoms with Crippen LogP contribution in [0.3, 0.4) is 0 Å². The summed E-state index contributed by atoms with van der Waals surface area (Å²) in [5, 5.41) is 0.0253. The van der Waals surface area contributed by atoms with E-state index < -0.39 is 5.82 Å². The molecule has 1 aromatic carbocycles. The van der Waals surface area contributed by atoms with Crippen LogP contribution in [0.2, 0.25) is 5.02 Å². The van der Waals surface area contributed by atoms with Gasteiger partial charge in [0.05, 0.1) is 10.6 Å². The number of Topliss-reactive ketones (excluding diaryl/α,β-unsaturated/α-hetero) is 1. The minimum Gasteiger partial charge on any atom is -0.294 e. The van der Waals surface area contributed by atoms with Gasteiger partial charge in [0, 0.05) is 6.42 Å². The Morgan fingerprint density at radius 1 is 1.38 bits per heavy atom. The maximum absolute atomic E-state index is 13.6. The van der Waals surface area contributed by atoms with Gasteiger partial charge in [-0.2, -0.15) is 0 Å². The molecule has 0 atom stereocenters. The number of hydrogen-bond donors (Lipinski definition) is 0. The molecule has 16 heavy (non-hydrogen) atoms. The van der Waals surface area contributed by atoms with Gasteiger partial charge in [0.2, 0.25) is 0 Å². The normalized spacial score (nSPS) is 16.6. The van der Waals surface area contributed by atoms with Gasteiger partial charge in [0.1, 0.15) is 0 Å². The monoisotopic (exact) mass is 240 g/mol. The van der Waals surface area contributed by atoms with Gasteiger partial charge < -0.3 is 0 Å². The summed E-state index contributed by atoms with van der Waals surface area (Å²) in [6.07, 6.45) is 5.02. The molecule has 2 rings (SSSR count). The van der Waals surface area contributed by atoms with Crippen LogP contribution in [0, 0.1) is 11.7 Å². The fraction of sp³-hybridized carbons (Fsp3) is 0.462. The van der Waals surface area contributed by atoms with E-state index in [9.17, 15) is 9.18 Å². The van der Waals surface area contributed by atoms with Crippen LogP contribution in [0.25, 0.3) is 0 Å². The van der Waals surface area contributed by atoms with Crippen LogP contribution in [-0.2, 0) is 0 Å². The highest BCUT2D eigenvalue weighted by Crippen LogP contribution is 2.29. The summed E-state index contributed by atoms with van der Waals surface area (Å²) in [7, 11) is 0. The Balaban J connectivity index is 2.11. The van der Waals surface area contributed by atoms with E-state index in [1.807, 2.05) is 0 Å². The number of rotatable bonds is 3. The molecule has 1 aromatic rings. The molecule has 1 fully saturated rings. The zero-order valence-electron chi connectivity index (χ0n) is 9.01. The Morgan fingerprint density at radius 2 is 2.06 bits per heavy atom. The third kappa shape index (κ3) is 2.43. The Labute approximate surface area is 99.6 Å². The fourth-order valence-corrected chi connectivity index (χ4v) is 2.48. The second kappa shape index (κ2) is 4.96. The van der Waals surface area contributed by atoms with Gasteiger partial charge >= 0.3 is 0 Å². The fourth-order valence-electron chi connectivity index (χ4n) is 2.31. The van der Waals surface area contributed by atoms with Gasteiger partial charge in [-0.25, -0.2) is 4.39 Å². The third-order valence-corrected chi connectivity index (χ3v) is 3.49. The second-order valence-corrected chi connectivity index (χ2v) is 4.79.